The van der Waals surface area contributed by atoms with Gasteiger partial charge in [-0.2, -0.15) is 5.26 Å². The maximum atomic E-state index is 12.0. The van der Waals surface area contributed by atoms with Gasteiger partial charge in [0, 0.05) is 5.56 Å². The number of Topliss-reactive ketones (excluding diaryl/α,β-unsaturated/α-hetero) is 1. The van der Waals surface area contributed by atoms with Crippen molar-refractivity contribution >= 4 is 5.78 Å². The van der Waals surface area contributed by atoms with E-state index in [1.807, 2.05) is 25.1 Å². The van der Waals surface area contributed by atoms with Gasteiger partial charge in [-0.3, -0.25) is 4.79 Å². The van der Waals surface area contributed by atoms with Gasteiger partial charge in [-0.05, 0) is 18.9 Å². The molecule has 2 atom stereocenters. The second kappa shape index (κ2) is 3.51. The summed E-state index contributed by atoms with van der Waals surface area (Å²) in [6.07, 6.45) is 5.96. The number of nitriles is 1. The van der Waals surface area contributed by atoms with Crippen LogP contribution in [0.3, 0.4) is 0 Å². The highest BCUT2D eigenvalue weighted by molar-refractivity contribution is 6.02. The summed E-state index contributed by atoms with van der Waals surface area (Å²) in [6.45, 7) is 1.91. The molecule has 0 fully saturated rings. The minimum absolute atomic E-state index is 0.106. The van der Waals surface area contributed by atoms with Crippen molar-refractivity contribution < 1.29 is 4.79 Å². The molecule has 0 aromatic heterocycles. The van der Waals surface area contributed by atoms with Gasteiger partial charge >= 0.3 is 0 Å². The third-order valence-electron chi connectivity index (χ3n) is 3.19. The van der Waals surface area contributed by atoms with Crippen molar-refractivity contribution in [1.29, 1.82) is 5.26 Å². The number of hydrogen-bond acceptors (Lipinski definition) is 2. The summed E-state index contributed by atoms with van der Waals surface area (Å²) in [7, 11) is 0. The third kappa shape index (κ3) is 1.32. The largest absolute Gasteiger partial charge is 0.293 e. The summed E-state index contributed by atoms with van der Waals surface area (Å²) in [5.41, 5.74) is 0.958. The number of hydrogen-bond donors (Lipinski definition) is 0. The number of carbonyl (C=O) groups is 1. The first-order chi connectivity index (χ1) is 7.62. The smallest absolute Gasteiger partial charge is 0.180 e. The van der Waals surface area contributed by atoms with Crippen LogP contribution < -0.4 is 0 Å². The van der Waals surface area contributed by atoms with E-state index >= 15 is 0 Å². The van der Waals surface area contributed by atoms with Crippen LogP contribution in [-0.4, -0.2) is 5.78 Å². The lowest BCUT2D eigenvalue weighted by atomic mass is 9.67. The van der Waals surface area contributed by atoms with Crippen LogP contribution in [0.1, 0.15) is 29.3 Å². The Kier molecular flexibility index (Phi) is 2.29. The van der Waals surface area contributed by atoms with Crippen molar-refractivity contribution in [3.05, 3.63) is 35.4 Å². The van der Waals surface area contributed by atoms with E-state index in [2.05, 4.69) is 5.92 Å². The first-order valence-corrected chi connectivity index (χ1v) is 5.13. The molecule has 0 bridgehead atoms. The van der Waals surface area contributed by atoms with Gasteiger partial charge in [0.25, 0.3) is 0 Å². The normalized spacial score (nSPS) is 27.7. The average Bonchev–Trinajstić information content (AvgIpc) is 2.34. The van der Waals surface area contributed by atoms with Crippen molar-refractivity contribution in [3.8, 4) is 18.4 Å². The van der Waals surface area contributed by atoms with Gasteiger partial charge in [-0.25, -0.2) is 0 Å². The maximum absolute atomic E-state index is 12.0. The first kappa shape index (κ1) is 10.5. The van der Waals surface area contributed by atoms with Crippen LogP contribution in [0.2, 0.25) is 0 Å². The molecule has 2 rings (SSSR count). The molecule has 0 heterocycles. The minimum atomic E-state index is -0.615. The number of benzene rings is 1. The highest BCUT2D eigenvalue weighted by Gasteiger charge is 2.40. The van der Waals surface area contributed by atoms with Crippen LogP contribution in [0.5, 0.6) is 0 Å². The van der Waals surface area contributed by atoms with Crippen molar-refractivity contribution in [2.45, 2.75) is 18.8 Å². The van der Waals surface area contributed by atoms with E-state index in [-0.39, 0.29) is 5.78 Å². The Bertz CT molecular complexity index is 532. The Morgan fingerprint density at radius 2 is 2.19 bits per heavy atom. The molecule has 0 N–H and O–H groups in total. The summed E-state index contributed by atoms with van der Waals surface area (Å²) in [5.74, 6) is 2.00. The quantitative estimate of drug-likeness (QED) is 0.615. The molecule has 0 amide bonds. The SMILES string of the molecule is C#CC1(C)CC(C#N)C(=O)c2ccccc21. The lowest BCUT2D eigenvalue weighted by Gasteiger charge is -2.32. The molecule has 0 radical (unpaired) electrons. The standard InChI is InChI=1S/C14H11NO/c1-3-14(2)8-10(9-15)13(16)11-6-4-5-7-12(11)14/h1,4-7,10H,8H2,2H3. The molecule has 1 aliphatic carbocycles. The average molecular weight is 209 g/mol. The predicted octanol–water partition coefficient (Wildman–Crippen LogP) is 2.30. The summed E-state index contributed by atoms with van der Waals surface area (Å²) in [5, 5.41) is 8.98. The molecular formula is C14H11NO. The predicted molar refractivity (Wildman–Crippen MR) is 60.7 cm³/mol. The van der Waals surface area contributed by atoms with Gasteiger partial charge in [0.1, 0.15) is 5.92 Å². The van der Waals surface area contributed by atoms with Crippen molar-refractivity contribution in [2.24, 2.45) is 5.92 Å². The van der Waals surface area contributed by atoms with E-state index < -0.39 is 11.3 Å². The molecule has 2 heteroatoms. The lowest BCUT2D eigenvalue weighted by Crippen LogP contribution is -2.34. The van der Waals surface area contributed by atoms with Crippen molar-refractivity contribution in [3.63, 3.8) is 0 Å². The van der Waals surface area contributed by atoms with Gasteiger partial charge in [-0.15, -0.1) is 6.42 Å². The van der Waals surface area contributed by atoms with Crippen LogP contribution >= 0.6 is 0 Å². The summed E-state index contributed by atoms with van der Waals surface area (Å²) < 4.78 is 0. The molecule has 78 valence electrons. The molecular weight excluding hydrogens is 198 g/mol. The van der Waals surface area contributed by atoms with Gasteiger partial charge in [0.15, 0.2) is 5.78 Å². The van der Waals surface area contributed by atoms with E-state index in [1.165, 1.54) is 0 Å². The maximum Gasteiger partial charge on any atom is 0.180 e. The van der Waals surface area contributed by atoms with E-state index in [4.69, 9.17) is 11.7 Å². The molecule has 0 spiro atoms. The van der Waals surface area contributed by atoms with Gasteiger partial charge in [-0.1, -0.05) is 30.2 Å². The van der Waals surface area contributed by atoms with Crippen molar-refractivity contribution in [1.82, 2.24) is 0 Å². The molecule has 2 nitrogen and oxygen atoms in total. The van der Waals surface area contributed by atoms with E-state index in [0.29, 0.717) is 12.0 Å². The number of carbonyl (C=O) groups excluding carboxylic acids is 1. The summed E-state index contributed by atoms with van der Waals surface area (Å²) in [4.78, 5) is 12.0. The second-order valence-electron chi connectivity index (χ2n) is 4.27. The van der Waals surface area contributed by atoms with Gasteiger partial charge in [0.2, 0.25) is 0 Å². The van der Waals surface area contributed by atoms with E-state index in [0.717, 1.165) is 5.56 Å². The number of fused-ring (bicyclic) bond motifs is 1. The zero-order valence-corrected chi connectivity index (χ0v) is 9.03. The monoisotopic (exact) mass is 209 g/mol. The van der Waals surface area contributed by atoms with Crippen molar-refractivity contribution in [2.75, 3.05) is 0 Å². The van der Waals surface area contributed by atoms with Gasteiger partial charge in [0.05, 0.1) is 11.5 Å². The van der Waals surface area contributed by atoms with Gasteiger partial charge < -0.3 is 0 Å². The zero-order valence-electron chi connectivity index (χ0n) is 9.03. The Morgan fingerprint density at radius 1 is 1.50 bits per heavy atom. The minimum Gasteiger partial charge on any atom is -0.293 e. The first-order valence-electron chi connectivity index (χ1n) is 5.13. The lowest BCUT2D eigenvalue weighted by molar-refractivity contribution is 0.0919. The molecule has 0 saturated carbocycles. The molecule has 1 aliphatic rings. The van der Waals surface area contributed by atoms with E-state index in [1.54, 1.807) is 12.1 Å². The van der Waals surface area contributed by atoms with Crippen LogP contribution in [0.4, 0.5) is 0 Å². The van der Waals surface area contributed by atoms with Crippen LogP contribution in [0, 0.1) is 29.6 Å². The molecule has 16 heavy (non-hydrogen) atoms. The molecule has 0 aliphatic heterocycles. The number of ketones is 1. The Balaban J connectivity index is 2.67. The van der Waals surface area contributed by atoms with Crippen LogP contribution in [0.25, 0.3) is 0 Å². The number of nitrogens with zero attached hydrogens (tertiary/aromatic N) is 1. The fraction of sp³-hybridized carbons (Fsp3) is 0.286. The zero-order chi connectivity index (χ0) is 11.8. The highest BCUT2D eigenvalue weighted by Crippen LogP contribution is 2.38. The third-order valence-corrected chi connectivity index (χ3v) is 3.19. The topological polar surface area (TPSA) is 40.9 Å². The highest BCUT2D eigenvalue weighted by atomic mass is 16.1. The fourth-order valence-electron chi connectivity index (χ4n) is 2.22. The summed E-state index contributed by atoms with van der Waals surface area (Å²) in [6, 6.07) is 9.33. The van der Waals surface area contributed by atoms with Crippen LogP contribution in [0.15, 0.2) is 24.3 Å². The fourth-order valence-corrected chi connectivity index (χ4v) is 2.22. The molecule has 1 aromatic carbocycles. The number of rotatable bonds is 0. The Morgan fingerprint density at radius 3 is 2.81 bits per heavy atom. The summed E-state index contributed by atoms with van der Waals surface area (Å²) >= 11 is 0. The Hall–Kier alpha value is -2.06. The second-order valence-corrected chi connectivity index (χ2v) is 4.27. The molecule has 1 aromatic rings. The Labute approximate surface area is 94.9 Å². The molecule has 2 unspecified atom stereocenters. The molecule has 0 saturated heterocycles. The number of terminal acetylenes is 1. The van der Waals surface area contributed by atoms with E-state index in [9.17, 15) is 4.79 Å². The van der Waals surface area contributed by atoms with Crippen LogP contribution in [-0.2, 0) is 5.41 Å².